The highest BCUT2D eigenvalue weighted by atomic mass is 16.5. The van der Waals surface area contributed by atoms with Gasteiger partial charge in [-0.25, -0.2) is 9.48 Å². The van der Waals surface area contributed by atoms with Crippen LogP contribution in [0.15, 0.2) is 76.9 Å². The number of para-hydroxylation sites is 2. The summed E-state index contributed by atoms with van der Waals surface area (Å²) in [6, 6.07) is 21.1. The van der Waals surface area contributed by atoms with Gasteiger partial charge in [0.25, 0.3) is 0 Å². The molecule has 148 valence electrons. The van der Waals surface area contributed by atoms with Crippen LogP contribution in [0.1, 0.15) is 19.4 Å². The molecule has 0 fully saturated rings. The highest BCUT2D eigenvalue weighted by molar-refractivity contribution is 5.99. The summed E-state index contributed by atoms with van der Waals surface area (Å²) in [5, 5.41) is 15.1. The van der Waals surface area contributed by atoms with Crippen molar-refractivity contribution < 1.29 is 13.9 Å². The number of furan rings is 1. The molecule has 4 rings (SSSR count). The van der Waals surface area contributed by atoms with E-state index in [0.717, 1.165) is 16.7 Å². The molecule has 0 unspecified atom stereocenters. The number of rotatable bonds is 5. The molecule has 0 atom stereocenters. The number of nitriles is 1. The van der Waals surface area contributed by atoms with Crippen molar-refractivity contribution in [3.63, 3.8) is 0 Å². The van der Waals surface area contributed by atoms with Crippen molar-refractivity contribution in [1.82, 2.24) is 9.78 Å². The molecule has 0 saturated carbocycles. The molecule has 0 saturated heterocycles. The lowest BCUT2D eigenvalue weighted by Crippen LogP contribution is -2.12. The smallest absolute Gasteiger partial charge is 0.349 e. The monoisotopic (exact) mass is 397 g/mol. The Kier molecular flexibility index (Phi) is 5.19. The molecule has 4 aromatic rings. The van der Waals surface area contributed by atoms with Crippen LogP contribution in [0.4, 0.5) is 0 Å². The third-order valence-corrected chi connectivity index (χ3v) is 4.41. The molecule has 30 heavy (non-hydrogen) atoms. The van der Waals surface area contributed by atoms with E-state index in [1.54, 1.807) is 24.7 Å². The lowest BCUT2D eigenvalue weighted by Gasteiger charge is -2.06. The van der Waals surface area contributed by atoms with Gasteiger partial charge in [-0.1, -0.05) is 36.4 Å². The number of aromatic nitrogens is 2. The minimum absolute atomic E-state index is 0.103. The molecule has 0 aliphatic heterocycles. The third-order valence-electron chi connectivity index (χ3n) is 4.41. The summed E-state index contributed by atoms with van der Waals surface area (Å²) in [5.74, 6) is -0.123. The Morgan fingerprint density at radius 1 is 1.17 bits per heavy atom. The molecule has 6 nitrogen and oxygen atoms in total. The number of ether oxygens (including phenoxy) is 1. The van der Waals surface area contributed by atoms with E-state index in [4.69, 9.17) is 9.15 Å². The van der Waals surface area contributed by atoms with Crippen molar-refractivity contribution in [3.8, 4) is 23.2 Å². The first-order valence-electron chi connectivity index (χ1n) is 9.52. The van der Waals surface area contributed by atoms with Gasteiger partial charge in [-0.05, 0) is 44.2 Å². The second-order valence-electron chi connectivity index (χ2n) is 6.99. The maximum atomic E-state index is 12.3. The van der Waals surface area contributed by atoms with E-state index < -0.39 is 5.97 Å². The summed E-state index contributed by atoms with van der Waals surface area (Å²) < 4.78 is 12.9. The Bertz CT molecular complexity index is 1240. The highest BCUT2D eigenvalue weighted by Crippen LogP contribution is 2.31. The Balaban J connectivity index is 1.85. The number of nitrogens with zero attached hydrogens (tertiary/aromatic N) is 3. The molecule has 0 aliphatic carbocycles. The van der Waals surface area contributed by atoms with Gasteiger partial charge >= 0.3 is 5.97 Å². The Hall–Kier alpha value is -4.11. The lowest BCUT2D eigenvalue weighted by atomic mass is 10.1. The van der Waals surface area contributed by atoms with Gasteiger partial charge in [0.2, 0.25) is 0 Å². The summed E-state index contributed by atoms with van der Waals surface area (Å²) in [5.41, 5.74) is 2.58. The molecule has 0 N–H and O–H groups in total. The van der Waals surface area contributed by atoms with E-state index in [9.17, 15) is 10.1 Å². The van der Waals surface area contributed by atoms with Gasteiger partial charge in [0, 0.05) is 17.1 Å². The first-order valence-corrected chi connectivity index (χ1v) is 9.52. The van der Waals surface area contributed by atoms with Gasteiger partial charge in [-0.15, -0.1) is 0 Å². The Labute approximate surface area is 173 Å². The van der Waals surface area contributed by atoms with Gasteiger partial charge in [-0.2, -0.15) is 10.4 Å². The summed E-state index contributed by atoms with van der Waals surface area (Å²) in [6.45, 7) is 3.47. The van der Waals surface area contributed by atoms with Crippen LogP contribution in [0, 0.1) is 11.3 Å². The van der Waals surface area contributed by atoms with E-state index in [1.807, 2.05) is 66.7 Å². The number of hydrogen-bond acceptors (Lipinski definition) is 5. The second-order valence-corrected chi connectivity index (χ2v) is 6.99. The molecular weight excluding hydrogens is 378 g/mol. The normalized spacial score (nSPS) is 11.6. The van der Waals surface area contributed by atoms with Crippen molar-refractivity contribution in [1.29, 1.82) is 5.26 Å². The standard InChI is InChI=1S/C24H19N3O3/c1-16(2)29-24(28)18(14-25)12-19-15-27(20-9-4-3-5-10-20)26-23(19)22-13-17-8-6-7-11-21(17)30-22/h3-13,15-16H,1-2H3/b18-12+. The van der Waals surface area contributed by atoms with Crippen LogP contribution in [0.5, 0.6) is 0 Å². The zero-order chi connectivity index (χ0) is 21.1. The molecule has 0 radical (unpaired) electrons. The molecular formula is C24H19N3O3. The van der Waals surface area contributed by atoms with E-state index in [-0.39, 0.29) is 11.7 Å². The Morgan fingerprint density at radius 3 is 2.60 bits per heavy atom. The van der Waals surface area contributed by atoms with Crippen LogP contribution in [0.2, 0.25) is 0 Å². The maximum absolute atomic E-state index is 12.3. The van der Waals surface area contributed by atoms with Crippen LogP contribution >= 0.6 is 0 Å². The zero-order valence-corrected chi connectivity index (χ0v) is 16.6. The highest BCUT2D eigenvalue weighted by Gasteiger charge is 2.19. The van der Waals surface area contributed by atoms with E-state index in [1.165, 1.54) is 6.08 Å². The van der Waals surface area contributed by atoms with Crippen molar-refractivity contribution in [3.05, 3.63) is 78.0 Å². The molecule has 2 aromatic heterocycles. The van der Waals surface area contributed by atoms with Gasteiger partial charge < -0.3 is 9.15 Å². The number of esters is 1. The van der Waals surface area contributed by atoms with Crippen LogP contribution in [-0.4, -0.2) is 21.9 Å². The van der Waals surface area contributed by atoms with Gasteiger partial charge in [0.1, 0.15) is 22.9 Å². The van der Waals surface area contributed by atoms with Crippen LogP contribution in [0.3, 0.4) is 0 Å². The third kappa shape index (κ3) is 3.87. The number of hydrogen-bond donors (Lipinski definition) is 0. The molecule has 2 aromatic carbocycles. The quantitative estimate of drug-likeness (QED) is 0.264. The predicted octanol–water partition coefficient (Wildman–Crippen LogP) is 5.14. The van der Waals surface area contributed by atoms with Crippen LogP contribution in [-0.2, 0) is 9.53 Å². The first kappa shape index (κ1) is 19.2. The van der Waals surface area contributed by atoms with Gasteiger partial charge in [0.05, 0.1) is 11.8 Å². The lowest BCUT2D eigenvalue weighted by molar-refractivity contribution is -0.142. The minimum Gasteiger partial charge on any atom is -0.459 e. The van der Waals surface area contributed by atoms with Crippen molar-refractivity contribution in [2.45, 2.75) is 20.0 Å². The zero-order valence-electron chi connectivity index (χ0n) is 16.6. The topological polar surface area (TPSA) is 81.0 Å². The number of fused-ring (bicyclic) bond motifs is 1. The number of benzene rings is 2. The Morgan fingerprint density at radius 2 is 1.90 bits per heavy atom. The molecule has 0 spiro atoms. The minimum atomic E-state index is -0.671. The largest absolute Gasteiger partial charge is 0.459 e. The average molecular weight is 397 g/mol. The SMILES string of the molecule is CC(C)OC(=O)/C(C#N)=C/c1cn(-c2ccccc2)nc1-c1cc2ccccc2o1. The second kappa shape index (κ2) is 8.10. The van der Waals surface area contributed by atoms with E-state index in [0.29, 0.717) is 17.0 Å². The molecule has 0 aliphatic rings. The van der Waals surface area contributed by atoms with Crippen molar-refractivity contribution in [2.24, 2.45) is 0 Å². The van der Waals surface area contributed by atoms with E-state index >= 15 is 0 Å². The predicted molar refractivity (Wildman–Crippen MR) is 114 cm³/mol. The van der Waals surface area contributed by atoms with Crippen molar-refractivity contribution >= 4 is 23.0 Å². The average Bonchev–Trinajstić information content (AvgIpc) is 3.36. The van der Waals surface area contributed by atoms with Gasteiger partial charge in [0.15, 0.2) is 5.76 Å². The molecule has 2 heterocycles. The molecule has 6 heteroatoms. The fourth-order valence-electron chi connectivity index (χ4n) is 3.07. The van der Waals surface area contributed by atoms with Crippen molar-refractivity contribution in [2.75, 3.05) is 0 Å². The summed E-state index contributed by atoms with van der Waals surface area (Å²) >= 11 is 0. The van der Waals surface area contributed by atoms with Crippen LogP contribution < -0.4 is 0 Å². The number of carbonyl (C=O) groups is 1. The molecule has 0 amide bonds. The fraction of sp³-hybridized carbons (Fsp3) is 0.125. The maximum Gasteiger partial charge on any atom is 0.349 e. The summed E-state index contributed by atoms with van der Waals surface area (Å²) in [4.78, 5) is 12.3. The first-order chi connectivity index (χ1) is 14.5. The summed E-state index contributed by atoms with van der Waals surface area (Å²) in [7, 11) is 0. The van der Waals surface area contributed by atoms with E-state index in [2.05, 4.69) is 5.10 Å². The summed E-state index contributed by atoms with van der Waals surface area (Å²) in [6.07, 6.45) is 2.92. The number of carbonyl (C=O) groups excluding carboxylic acids is 1. The fourth-order valence-corrected chi connectivity index (χ4v) is 3.07. The molecule has 0 bridgehead atoms. The van der Waals surface area contributed by atoms with Gasteiger partial charge in [-0.3, -0.25) is 0 Å². The van der Waals surface area contributed by atoms with Crippen LogP contribution in [0.25, 0.3) is 34.2 Å².